The second-order valence-electron chi connectivity index (χ2n) is 8.15. The van der Waals surface area contributed by atoms with Gasteiger partial charge in [0.15, 0.2) is 0 Å². The molecule has 1 amide bonds. The number of carbonyl (C=O) groups is 1. The summed E-state index contributed by atoms with van der Waals surface area (Å²) in [4.78, 5) is 12.3. The number of carbonyl (C=O) groups excluding carboxylic acids is 1. The summed E-state index contributed by atoms with van der Waals surface area (Å²) in [5.41, 5.74) is 1.26. The molecule has 0 saturated heterocycles. The Labute approximate surface area is 138 Å². The molecule has 0 spiro atoms. The van der Waals surface area contributed by atoms with Crippen molar-refractivity contribution >= 4 is 5.91 Å². The molecule has 23 heavy (non-hydrogen) atoms. The number of benzene rings is 1. The largest absolute Gasteiger partial charge is 0.497 e. The van der Waals surface area contributed by atoms with E-state index in [4.69, 9.17) is 4.74 Å². The Morgan fingerprint density at radius 1 is 1.09 bits per heavy atom. The molecule has 4 aliphatic carbocycles. The molecule has 1 aromatic carbocycles. The van der Waals surface area contributed by atoms with Crippen LogP contribution in [-0.4, -0.2) is 19.6 Å². The minimum absolute atomic E-state index is 0.0392. The quantitative estimate of drug-likeness (QED) is 0.891. The van der Waals surface area contributed by atoms with Crippen molar-refractivity contribution in [2.24, 2.45) is 23.2 Å². The zero-order valence-electron chi connectivity index (χ0n) is 14.0. The van der Waals surface area contributed by atoms with Crippen LogP contribution in [-0.2, 0) is 0 Å². The van der Waals surface area contributed by atoms with Crippen LogP contribution in [0.3, 0.4) is 0 Å². The average Bonchev–Trinajstić information content (AvgIpc) is 2.53. The van der Waals surface area contributed by atoms with Crippen molar-refractivity contribution in [1.29, 1.82) is 0 Å². The van der Waals surface area contributed by atoms with Crippen molar-refractivity contribution in [3.05, 3.63) is 29.8 Å². The molecule has 4 fully saturated rings. The van der Waals surface area contributed by atoms with Crippen molar-refractivity contribution in [2.45, 2.75) is 44.9 Å². The highest BCUT2D eigenvalue weighted by atomic mass is 16.5. The average molecular weight is 313 g/mol. The summed E-state index contributed by atoms with van der Waals surface area (Å²) < 4.78 is 5.14. The van der Waals surface area contributed by atoms with Gasteiger partial charge in [-0.25, -0.2) is 0 Å². The van der Waals surface area contributed by atoms with E-state index in [1.165, 1.54) is 44.9 Å². The lowest BCUT2D eigenvalue weighted by Crippen LogP contribution is -2.47. The Kier molecular flexibility index (Phi) is 3.82. The van der Waals surface area contributed by atoms with Gasteiger partial charge in [-0.1, -0.05) is 0 Å². The smallest absolute Gasteiger partial charge is 0.251 e. The molecule has 1 aromatic rings. The first-order chi connectivity index (χ1) is 11.2. The molecule has 0 unspecified atom stereocenters. The second kappa shape index (κ2) is 5.85. The Morgan fingerprint density at radius 2 is 1.65 bits per heavy atom. The second-order valence-corrected chi connectivity index (χ2v) is 8.15. The fourth-order valence-electron chi connectivity index (χ4n) is 5.88. The van der Waals surface area contributed by atoms with Gasteiger partial charge in [-0.3, -0.25) is 4.79 Å². The van der Waals surface area contributed by atoms with Crippen LogP contribution in [0.1, 0.15) is 55.3 Å². The van der Waals surface area contributed by atoms with Gasteiger partial charge in [-0.2, -0.15) is 0 Å². The maximum absolute atomic E-state index is 12.3. The lowest BCUT2D eigenvalue weighted by atomic mass is 9.49. The Hall–Kier alpha value is -1.51. The molecule has 0 atom stereocenters. The summed E-state index contributed by atoms with van der Waals surface area (Å²) in [6.45, 7) is 0.816. The number of hydrogen-bond donors (Lipinski definition) is 1. The van der Waals surface area contributed by atoms with Gasteiger partial charge in [0.25, 0.3) is 5.91 Å². The first-order valence-corrected chi connectivity index (χ1v) is 9.08. The van der Waals surface area contributed by atoms with Crippen LogP contribution in [0.5, 0.6) is 5.75 Å². The predicted molar refractivity (Wildman–Crippen MR) is 90.5 cm³/mol. The first kappa shape index (κ1) is 15.0. The summed E-state index contributed by atoms with van der Waals surface area (Å²) >= 11 is 0. The van der Waals surface area contributed by atoms with Crippen LogP contribution < -0.4 is 10.1 Å². The molecule has 4 aliphatic rings. The lowest BCUT2D eigenvalue weighted by molar-refractivity contribution is -0.0564. The number of ether oxygens (including phenoxy) is 1. The highest BCUT2D eigenvalue weighted by Crippen LogP contribution is 2.61. The van der Waals surface area contributed by atoms with Crippen molar-refractivity contribution in [2.75, 3.05) is 13.7 Å². The van der Waals surface area contributed by atoms with E-state index in [1.54, 1.807) is 7.11 Å². The number of nitrogens with one attached hydrogen (secondary N) is 1. The van der Waals surface area contributed by atoms with E-state index >= 15 is 0 Å². The summed E-state index contributed by atoms with van der Waals surface area (Å²) in [7, 11) is 1.64. The molecule has 0 heterocycles. The molecule has 4 bridgehead atoms. The highest BCUT2D eigenvalue weighted by molar-refractivity contribution is 5.94. The third-order valence-electron chi connectivity index (χ3n) is 6.46. The SMILES string of the molecule is COc1ccc(C(=O)NCCC23CC4CC(CC(C4)C2)C3)cc1. The third kappa shape index (κ3) is 2.98. The number of amides is 1. The van der Waals surface area contributed by atoms with Crippen molar-refractivity contribution in [3.63, 3.8) is 0 Å². The molecule has 3 nitrogen and oxygen atoms in total. The molecule has 1 N–H and O–H groups in total. The maximum atomic E-state index is 12.3. The summed E-state index contributed by atoms with van der Waals surface area (Å²) in [5, 5.41) is 3.13. The topological polar surface area (TPSA) is 38.3 Å². The highest BCUT2D eigenvalue weighted by Gasteiger charge is 2.50. The monoisotopic (exact) mass is 313 g/mol. The van der Waals surface area contributed by atoms with Gasteiger partial charge in [-0.05, 0) is 92.4 Å². The molecular formula is C20H27NO2. The zero-order valence-corrected chi connectivity index (χ0v) is 14.0. The van der Waals surface area contributed by atoms with E-state index in [2.05, 4.69) is 5.32 Å². The molecular weight excluding hydrogens is 286 g/mol. The zero-order chi connectivity index (χ0) is 15.9. The van der Waals surface area contributed by atoms with Crippen molar-refractivity contribution < 1.29 is 9.53 Å². The summed E-state index contributed by atoms with van der Waals surface area (Å²) in [6.07, 6.45) is 9.86. The van der Waals surface area contributed by atoms with E-state index in [-0.39, 0.29) is 5.91 Å². The summed E-state index contributed by atoms with van der Waals surface area (Å²) in [6, 6.07) is 7.35. The molecule has 4 saturated carbocycles. The summed E-state index contributed by atoms with van der Waals surface area (Å²) in [5.74, 6) is 3.78. The lowest BCUT2D eigenvalue weighted by Gasteiger charge is -2.57. The normalized spacial score (nSPS) is 34.4. The van der Waals surface area contributed by atoms with E-state index in [1.807, 2.05) is 24.3 Å². The van der Waals surface area contributed by atoms with E-state index in [9.17, 15) is 4.79 Å². The standard InChI is InChI=1S/C20H27NO2/c1-23-18-4-2-17(3-5-18)19(22)21-7-6-20-11-14-8-15(12-20)10-16(9-14)13-20/h2-5,14-16H,6-13H2,1H3,(H,21,22). The van der Waals surface area contributed by atoms with Crippen molar-refractivity contribution in [3.8, 4) is 5.75 Å². The van der Waals surface area contributed by atoms with Gasteiger partial charge in [0.05, 0.1) is 7.11 Å². The van der Waals surface area contributed by atoms with Crippen LogP contribution in [0.2, 0.25) is 0 Å². The molecule has 3 heteroatoms. The van der Waals surface area contributed by atoms with Gasteiger partial charge in [-0.15, -0.1) is 0 Å². The molecule has 124 valence electrons. The molecule has 0 radical (unpaired) electrons. The van der Waals surface area contributed by atoms with Crippen LogP contribution >= 0.6 is 0 Å². The Morgan fingerprint density at radius 3 is 2.17 bits per heavy atom. The number of rotatable bonds is 5. The minimum Gasteiger partial charge on any atom is -0.497 e. The maximum Gasteiger partial charge on any atom is 0.251 e. The Balaban J connectivity index is 1.32. The fourth-order valence-corrected chi connectivity index (χ4v) is 5.88. The van der Waals surface area contributed by atoms with Gasteiger partial charge in [0.2, 0.25) is 0 Å². The third-order valence-corrected chi connectivity index (χ3v) is 6.46. The van der Waals surface area contributed by atoms with E-state index < -0.39 is 0 Å². The van der Waals surface area contributed by atoms with Gasteiger partial charge < -0.3 is 10.1 Å². The van der Waals surface area contributed by atoms with E-state index in [0.717, 1.165) is 35.6 Å². The predicted octanol–water partition coefficient (Wildman–Crippen LogP) is 4.03. The van der Waals surface area contributed by atoms with Crippen LogP contribution in [0.4, 0.5) is 0 Å². The molecule has 5 rings (SSSR count). The molecule has 0 aromatic heterocycles. The molecule has 0 aliphatic heterocycles. The number of methoxy groups -OCH3 is 1. The first-order valence-electron chi connectivity index (χ1n) is 9.08. The van der Waals surface area contributed by atoms with Gasteiger partial charge in [0.1, 0.15) is 5.75 Å². The van der Waals surface area contributed by atoms with Gasteiger partial charge in [0, 0.05) is 12.1 Å². The number of hydrogen-bond acceptors (Lipinski definition) is 2. The van der Waals surface area contributed by atoms with Crippen LogP contribution in [0.15, 0.2) is 24.3 Å². The van der Waals surface area contributed by atoms with Crippen molar-refractivity contribution in [1.82, 2.24) is 5.32 Å². The fraction of sp³-hybridized carbons (Fsp3) is 0.650. The van der Waals surface area contributed by atoms with Crippen LogP contribution in [0.25, 0.3) is 0 Å². The van der Waals surface area contributed by atoms with E-state index in [0.29, 0.717) is 5.41 Å². The van der Waals surface area contributed by atoms with Crippen LogP contribution in [0, 0.1) is 23.2 Å². The Bertz CT molecular complexity index is 543. The van der Waals surface area contributed by atoms with Gasteiger partial charge >= 0.3 is 0 Å². The minimum atomic E-state index is 0.0392.